The van der Waals surface area contributed by atoms with Crippen LogP contribution in [-0.4, -0.2) is 24.5 Å². The van der Waals surface area contributed by atoms with Crippen LogP contribution in [-0.2, 0) is 4.79 Å². The molecule has 6 heteroatoms. The summed E-state index contributed by atoms with van der Waals surface area (Å²) in [6.07, 6.45) is -0.816. The third-order valence-electron chi connectivity index (χ3n) is 3.41. The lowest BCUT2D eigenvalue weighted by molar-refractivity contribution is -0.131. The summed E-state index contributed by atoms with van der Waals surface area (Å²) in [5.41, 5.74) is 6.23. The van der Waals surface area contributed by atoms with Crippen LogP contribution in [0.15, 0.2) is 48.5 Å². The Morgan fingerprint density at radius 3 is 2.43 bits per heavy atom. The Kier molecular flexibility index (Phi) is 4.14. The predicted octanol–water partition coefficient (Wildman–Crippen LogP) is 1.60. The van der Waals surface area contributed by atoms with Crippen molar-refractivity contribution in [3.63, 3.8) is 0 Å². The molecular weight excluding hydrogens is 296 g/mol. The second kappa shape index (κ2) is 6.39. The second-order valence-corrected chi connectivity index (χ2v) is 5.17. The van der Waals surface area contributed by atoms with Gasteiger partial charge in [-0.25, -0.2) is 0 Å². The number of hydrazine groups is 1. The van der Waals surface area contributed by atoms with Crippen LogP contribution in [0.4, 0.5) is 0 Å². The molecule has 3 rings (SSSR count). The van der Waals surface area contributed by atoms with Gasteiger partial charge in [0.1, 0.15) is 6.61 Å². The van der Waals surface area contributed by atoms with E-state index in [2.05, 4.69) is 10.9 Å². The van der Waals surface area contributed by atoms with Gasteiger partial charge in [-0.15, -0.1) is 0 Å². The molecule has 1 atom stereocenters. The molecule has 1 unspecified atom stereocenters. The van der Waals surface area contributed by atoms with Crippen LogP contribution >= 0.6 is 0 Å². The largest absolute Gasteiger partial charge is 0.485 e. The number of ether oxygens (including phenoxy) is 2. The molecule has 6 nitrogen and oxygen atoms in total. The number of aryl methyl sites for hydroxylation is 1. The molecule has 2 aromatic carbocycles. The minimum Gasteiger partial charge on any atom is -0.485 e. The van der Waals surface area contributed by atoms with Gasteiger partial charge in [0, 0.05) is 5.56 Å². The van der Waals surface area contributed by atoms with Crippen molar-refractivity contribution < 1.29 is 19.1 Å². The van der Waals surface area contributed by atoms with Gasteiger partial charge in [0.2, 0.25) is 6.10 Å². The SMILES string of the molecule is Cc1ccc(C(=O)NNC(=O)C2COc3ccccc3O2)cc1. The summed E-state index contributed by atoms with van der Waals surface area (Å²) in [6.45, 7) is 2.02. The summed E-state index contributed by atoms with van der Waals surface area (Å²) < 4.78 is 11.0. The Labute approximate surface area is 133 Å². The highest BCUT2D eigenvalue weighted by Crippen LogP contribution is 2.30. The minimum atomic E-state index is -0.816. The van der Waals surface area contributed by atoms with Gasteiger partial charge in [0.25, 0.3) is 11.8 Å². The van der Waals surface area contributed by atoms with E-state index in [-0.39, 0.29) is 6.61 Å². The number of para-hydroxylation sites is 2. The van der Waals surface area contributed by atoms with E-state index in [9.17, 15) is 9.59 Å². The van der Waals surface area contributed by atoms with Gasteiger partial charge in [-0.2, -0.15) is 0 Å². The fraction of sp³-hybridized carbons (Fsp3) is 0.176. The van der Waals surface area contributed by atoms with Crippen molar-refractivity contribution in [2.75, 3.05) is 6.61 Å². The molecule has 2 N–H and O–H groups in total. The third kappa shape index (κ3) is 3.42. The molecule has 0 radical (unpaired) electrons. The summed E-state index contributed by atoms with van der Waals surface area (Å²) in [4.78, 5) is 24.0. The highest BCUT2D eigenvalue weighted by Gasteiger charge is 2.27. The van der Waals surface area contributed by atoms with E-state index in [0.29, 0.717) is 17.1 Å². The number of carbonyl (C=O) groups is 2. The Morgan fingerprint density at radius 1 is 1.00 bits per heavy atom. The lowest BCUT2D eigenvalue weighted by Crippen LogP contribution is -2.50. The van der Waals surface area contributed by atoms with Gasteiger partial charge >= 0.3 is 0 Å². The fourth-order valence-electron chi connectivity index (χ4n) is 2.12. The fourth-order valence-corrected chi connectivity index (χ4v) is 2.12. The molecule has 1 aliphatic heterocycles. The Bertz CT molecular complexity index is 728. The Balaban J connectivity index is 1.56. The van der Waals surface area contributed by atoms with Gasteiger partial charge in [-0.3, -0.25) is 20.4 Å². The molecule has 0 fully saturated rings. The van der Waals surface area contributed by atoms with E-state index >= 15 is 0 Å². The molecule has 1 aliphatic rings. The van der Waals surface area contributed by atoms with Crippen molar-refractivity contribution in [2.45, 2.75) is 13.0 Å². The van der Waals surface area contributed by atoms with Gasteiger partial charge < -0.3 is 9.47 Å². The van der Waals surface area contributed by atoms with Crippen LogP contribution in [0.25, 0.3) is 0 Å². The number of carbonyl (C=O) groups excluding carboxylic acids is 2. The number of rotatable bonds is 2. The second-order valence-electron chi connectivity index (χ2n) is 5.17. The molecule has 0 aliphatic carbocycles. The van der Waals surface area contributed by atoms with Crippen molar-refractivity contribution in [1.29, 1.82) is 0 Å². The first kappa shape index (κ1) is 14.9. The van der Waals surface area contributed by atoms with Crippen LogP contribution < -0.4 is 20.3 Å². The molecule has 1 heterocycles. The van der Waals surface area contributed by atoms with Crippen LogP contribution in [0.5, 0.6) is 11.5 Å². The molecule has 0 bridgehead atoms. The first-order valence-electron chi connectivity index (χ1n) is 7.19. The molecule has 2 aromatic rings. The maximum absolute atomic E-state index is 12.1. The topological polar surface area (TPSA) is 76.7 Å². The molecule has 23 heavy (non-hydrogen) atoms. The van der Waals surface area contributed by atoms with E-state index < -0.39 is 17.9 Å². The summed E-state index contributed by atoms with van der Waals surface area (Å²) in [5.74, 6) is 0.236. The molecule has 0 saturated carbocycles. The molecule has 0 aromatic heterocycles. The first-order chi connectivity index (χ1) is 11.1. The van der Waals surface area contributed by atoms with Crippen molar-refractivity contribution in [3.05, 3.63) is 59.7 Å². The van der Waals surface area contributed by atoms with Crippen molar-refractivity contribution in [1.82, 2.24) is 10.9 Å². The lowest BCUT2D eigenvalue weighted by Gasteiger charge is -2.25. The average Bonchev–Trinajstić information content (AvgIpc) is 2.59. The van der Waals surface area contributed by atoms with Crippen LogP contribution in [0.2, 0.25) is 0 Å². The van der Waals surface area contributed by atoms with Crippen LogP contribution in [0.3, 0.4) is 0 Å². The monoisotopic (exact) mass is 312 g/mol. The zero-order chi connectivity index (χ0) is 16.2. The van der Waals surface area contributed by atoms with E-state index in [1.807, 2.05) is 25.1 Å². The molecule has 0 saturated heterocycles. The summed E-state index contributed by atoms with van der Waals surface area (Å²) in [6, 6.07) is 14.1. The van der Waals surface area contributed by atoms with Crippen LogP contribution in [0.1, 0.15) is 15.9 Å². The minimum absolute atomic E-state index is 0.0866. The van der Waals surface area contributed by atoms with Crippen LogP contribution in [0, 0.1) is 6.92 Å². The zero-order valence-electron chi connectivity index (χ0n) is 12.5. The molecule has 0 spiro atoms. The van der Waals surface area contributed by atoms with Gasteiger partial charge in [-0.1, -0.05) is 29.8 Å². The normalized spacial score (nSPS) is 15.6. The predicted molar refractivity (Wildman–Crippen MR) is 83.1 cm³/mol. The number of hydrogen-bond donors (Lipinski definition) is 2. The number of amides is 2. The van der Waals surface area contributed by atoms with Gasteiger partial charge in [-0.05, 0) is 31.2 Å². The highest BCUT2D eigenvalue weighted by atomic mass is 16.6. The van der Waals surface area contributed by atoms with E-state index in [0.717, 1.165) is 5.56 Å². The molecular formula is C17H16N2O4. The lowest BCUT2D eigenvalue weighted by atomic mass is 10.1. The molecule has 118 valence electrons. The summed E-state index contributed by atoms with van der Waals surface area (Å²) in [5, 5.41) is 0. The smallest absolute Gasteiger partial charge is 0.283 e. The van der Waals surface area contributed by atoms with Crippen molar-refractivity contribution in [2.24, 2.45) is 0 Å². The van der Waals surface area contributed by atoms with Crippen molar-refractivity contribution in [3.8, 4) is 11.5 Å². The molecule has 2 amide bonds. The van der Waals surface area contributed by atoms with E-state index in [4.69, 9.17) is 9.47 Å². The van der Waals surface area contributed by atoms with E-state index in [1.165, 1.54) is 0 Å². The zero-order valence-corrected chi connectivity index (χ0v) is 12.5. The number of nitrogens with one attached hydrogen (secondary N) is 2. The maximum Gasteiger partial charge on any atom is 0.283 e. The quantitative estimate of drug-likeness (QED) is 0.826. The Hall–Kier alpha value is -3.02. The van der Waals surface area contributed by atoms with E-state index in [1.54, 1.807) is 30.3 Å². The highest BCUT2D eigenvalue weighted by molar-refractivity contribution is 5.95. The Morgan fingerprint density at radius 2 is 1.70 bits per heavy atom. The standard InChI is InChI=1S/C17H16N2O4/c1-11-6-8-12(9-7-11)16(20)18-19-17(21)15-10-22-13-4-2-3-5-14(13)23-15/h2-9,15H,10H2,1H3,(H,18,20)(H,19,21). The third-order valence-corrected chi connectivity index (χ3v) is 3.41. The first-order valence-corrected chi connectivity index (χ1v) is 7.19. The van der Waals surface area contributed by atoms with Crippen molar-refractivity contribution >= 4 is 11.8 Å². The summed E-state index contributed by atoms with van der Waals surface area (Å²) >= 11 is 0. The van der Waals surface area contributed by atoms with Gasteiger partial charge in [0.05, 0.1) is 0 Å². The average molecular weight is 312 g/mol. The number of fused-ring (bicyclic) bond motifs is 1. The van der Waals surface area contributed by atoms with Gasteiger partial charge in [0.15, 0.2) is 11.5 Å². The number of benzene rings is 2. The number of hydrogen-bond acceptors (Lipinski definition) is 4. The maximum atomic E-state index is 12.1. The summed E-state index contributed by atoms with van der Waals surface area (Å²) in [7, 11) is 0.